The average molecular weight is 242 g/mol. The van der Waals surface area contributed by atoms with Crippen molar-refractivity contribution in [2.75, 3.05) is 20.1 Å². The molecule has 15 heavy (non-hydrogen) atoms. The molecule has 1 fully saturated rings. The molecule has 0 aromatic carbocycles. The maximum atomic E-state index is 12.3. The smallest absolute Gasteiger partial charge is 0.317 e. The molecule has 0 radical (unpaired) electrons. The van der Waals surface area contributed by atoms with Crippen LogP contribution >= 0.6 is 0 Å². The molecule has 0 bridgehead atoms. The highest BCUT2D eigenvalue weighted by Crippen LogP contribution is 2.19. The van der Waals surface area contributed by atoms with Crippen LogP contribution in [-0.4, -0.2) is 44.7 Å². The van der Waals surface area contributed by atoms with Gasteiger partial charge in [-0.15, -0.1) is 0 Å². The number of nitrogens with one attached hydrogen (secondary N) is 1. The molecule has 1 aliphatic rings. The zero-order chi connectivity index (χ0) is 11.5. The average Bonchev–Trinajstić information content (AvgIpc) is 2.44. The summed E-state index contributed by atoms with van der Waals surface area (Å²) >= 11 is 0. The second-order valence-corrected chi connectivity index (χ2v) is 5.62. The summed E-state index contributed by atoms with van der Waals surface area (Å²) in [5.41, 5.74) is 0. The third-order valence-electron chi connectivity index (χ3n) is 2.69. The molecule has 1 aliphatic heterocycles. The predicted molar refractivity (Wildman–Crippen MR) is 53.2 cm³/mol. The summed E-state index contributed by atoms with van der Waals surface area (Å²) < 4.78 is 47.8. The Kier molecular flexibility index (Phi) is 4.42. The molecule has 1 N–H and O–H groups in total. The van der Waals surface area contributed by atoms with Crippen molar-refractivity contribution in [1.29, 1.82) is 0 Å². The molecule has 0 spiro atoms. The molecule has 1 heterocycles. The van der Waals surface area contributed by atoms with Gasteiger partial charge in [-0.3, -0.25) is 0 Å². The van der Waals surface area contributed by atoms with Crippen LogP contribution in [0.1, 0.15) is 19.3 Å². The first-order valence-electron chi connectivity index (χ1n) is 4.92. The van der Waals surface area contributed by atoms with Crippen LogP contribution in [0.2, 0.25) is 0 Å². The Morgan fingerprint density at radius 1 is 1.33 bits per heavy atom. The number of nitrogens with zero attached hydrogens (tertiary/aromatic N) is 1. The summed E-state index contributed by atoms with van der Waals surface area (Å²) in [5.74, 6) is -3.32. The number of alkyl halides is 2. The molecular weight excluding hydrogens is 226 g/mol. The fourth-order valence-electron chi connectivity index (χ4n) is 1.70. The molecule has 90 valence electrons. The van der Waals surface area contributed by atoms with Gasteiger partial charge in [0, 0.05) is 13.1 Å². The second-order valence-electron chi connectivity index (χ2n) is 3.66. The van der Waals surface area contributed by atoms with Crippen molar-refractivity contribution in [3.05, 3.63) is 0 Å². The Labute approximate surface area is 88.7 Å². The molecule has 0 aromatic heterocycles. The van der Waals surface area contributed by atoms with E-state index in [1.54, 1.807) is 0 Å². The van der Waals surface area contributed by atoms with Crippen LogP contribution in [0.25, 0.3) is 0 Å². The zero-order valence-corrected chi connectivity index (χ0v) is 9.43. The molecule has 0 amide bonds. The Balaban J connectivity index is 2.69. The van der Waals surface area contributed by atoms with E-state index in [0.29, 0.717) is 19.4 Å². The Bertz CT molecular complexity index is 287. The topological polar surface area (TPSA) is 49.4 Å². The first-order chi connectivity index (χ1) is 6.96. The number of sulfonamides is 1. The summed E-state index contributed by atoms with van der Waals surface area (Å²) in [6, 6.07) is -0.306. The monoisotopic (exact) mass is 242 g/mol. The molecule has 4 nitrogen and oxygen atoms in total. The lowest BCUT2D eigenvalue weighted by Gasteiger charge is -2.25. The fraction of sp³-hybridized carbons (Fsp3) is 1.00. The van der Waals surface area contributed by atoms with Gasteiger partial charge in [0.15, 0.2) is 0 Å². The molecule has 1 unspecified atom stereocenters. The van der Waals surface area contributed by atoms with E-state index in [1.807, 2.05) is 0 Å². The highest BCUT2D eigenvalue weighted by molar-refractivity contribution is 7.89. The standard InChI is InChI=1S/C8H16F2N2O2S/c1-12(15(13,14)8(9)10)7-3-2-5-11-6-4-7/h7-8,11H,2-6H2,1H3. The van der Waals surface area contributed by atoms with Crippen molar-refractivity contribution >= 4 is 10.0 Å². The van der Waals surface area contributed by atoms with Crippen LogP contribution in [0.5, 0.6) is 0 Å². The Morgan fingerprint density at radius 2 is 2.00 bits per heavy atom. The van der Waals surface area contributed by atoms with Gasteiger partial charge < -0.3 is 5.32 Å². The van der Waals surface area contributed by atoms with E-state index in [1.165, 1.54) is 7.05 Å². The van der Waals surface area contributed by atoms with Crippen molar-refractivity contribution in [2.24, 2.45) is 0 Å². The quantitative estimate of drug-likeness (QED) is 0.789. The Hall–Kier alpha value is -0.270. The van der Waals surface area contributed by atoms with Crippen molar-refractivity contribution in [1.82, 2.24) is 9.62 Å². The lowest BCUT2D eigenvalue weighted by atomic mass is 10.1. The Morgan fingerprint density at radius 3 is 2.60 bits per heavy atom. The van der Waals surface area contributed by atoms with E-state index >= 15 is 0 Å². The van der Waals surface area contributed by atoms with Crippen LogP contribution in [0.3, 0.4) is 0 Å². The number of hydrogen-bond acceptors (Lipinski definition) is 3. The minimum absolute atomic E-state index is 0.306. The van der Waals surface area contributed by atoms with E-state index in [-0.39, 0.29) is 6.04 Å². The zero-order valence-electron chi connectivity index (χ0n) is 8.62. The van der Waals surface area contributed by atoms with Crippen LogP contribution in [0.15, 0.2) is 0 Å². The van der Waals surface area contributed by atoms with Crippen LogP contribution in [0.4, 0.5) is 8.78 Å². The molecule has 1 rings (SSSR count). The first kappa shape index (κ1) is 12.8. The maximum Gasteiger partial charge on any atom is 0.350 e. The van der Waals surface area contributed by atoms with Gasteiger partial charge in [0.1, 0.15) is 0 Å². The SMILES string of the molecule is CN(C1CCCNCC1)S(=O)(=O)C(F)F. The molecule has 1 atom stereocenters. The lowest BCUT2D eigenvalue weighted by molar-refractivity contribution is 0.213. The largest absolute Gasteiger partial charge is 0.350 e. The van der Waals surface area contributed by atoms with Gasteiger partial charge in [-0.1, -0.05) is 0 Å². The van der Waals surface area contributed by atoms with Crippen molar-refractivity contribution in [3.63, 3.8) is 0 Å². The van der Waals surface area contributed by atoms with Gasteiger partial charge in [-0.2, -0.15) is 13.1 Å². The first-order valence-corrected chi connectivity index (χ1v) is 6.42. The van der Waals surface area contributed by atoms with Gasteiger partial charge in [-0.25, -0.2) is 8.42 Å². The van der Waals surface area contributed by atoms with Gasteiger partial charge >= 0.3 is 5.76 Å². The highest BCUT2D eigenvalue weighted by atomic mass is 32.2. The summed E-state index contributed by atoms with van der Waals surface area (Å²) in [4.78, 5) is 0. The minimum atomic E-state index is -4.42. The number of rotatable bonds is 3. The van der Waals surface area contributed by atoms with Crippen molar-refractivity contribution in [2.45, 2.75) is 31.1 Å². The van der Waals surface area contributed by atoms with Gasteiger partial charge in [0.2, 0.25) is 0 Å². The van der Waals surface area contributed by atoms with Crippen LogP contribution < -0.4 is 5.32 Å². The molecule has 7 heteroatoms. The maximum absolute atomic E-state index is 12.3. The van der Waals surface area contributed by atoms with E-state index in [9.17, 15) is 17.2 Å². The van der Waals surface area contributed by atoms with Crippen molar-refractivity contribution in [3.8, 4) is 0 Å². The van der Waals surface area contributed by atoms with Gasteiger partial charge in [0.25, 0.3) is 10.0 Å². The van der Waals surface area contributed by atoms with E-state index in [0.717, 1.165) is 17.3 Å². The molecule has 0 saturated carbocycles. The minimum Gasteiger partial charge on any atom is -0.317 e. The predicted octanol–water partition coefficient (Wildman–Crippen LogP) is 0.613. The van der Waals surface area contributed by atoms with Crippen molar-refractivity contribution < 1.29 is 17.2 Å². The molecular formula is C8H16F2N2O2S. The highest BCUT2D eigenvalue weighted by Gasteiger charge is 2.33. The third kappa shape index (κ3) is 3.09. The normalized spacial score (nSPS) is 24.5. The molecule has 0 aromatic rings. The van der Waals surface area contributed by atoms with E-state index in [4.69, 9.17) is 0 Å². The molecule has 0 aliphatic carbocycles. The number of halogens is 2. The third-order valence-corrected chi connectivity index (χ3v) is 4.24. The summed E-state index contributed by atoms with van der Waals surface area (Å²) in [6.45, 7) is 1.49. The summed E-state index contributed by atoms with van der Waals surface area (Å²) in [6.07, 6.45) is 2.03. The van der Waals surface area contributed by atoms with Gasteiger partial charge in [0.05, 0.1) is 0 Å². The van der Waals surface area contributed by atoms with Crippen LogP contribution in [-0.2, 0) is 10.0 Å². The summed E-state index contributed by atoms with van der Waals surface area (Å²) in [7, 11) is -3.19. The number of hydrogen-bond donors (Lipinski definition) is 1. The lowest BCUT2D eigenvalue weighted by Crippen LogP contribution is -2.40. The van der Waals surface area contributed by atoms with E-state index < -0.39 is 15.8 Å². The van der Waals surface area contributed by atoms with Crippen LogP contribution in [0, 0.1) is 0 Å². The molecule has 1 saturated heterocycles. The second kappa shape index (κ2) is 5.18. The van der Waals surface area contributed by atoms with E-state index in [2.05, 4.69) is 5.32 Å². The van der Waals surface area contributed by atoms with Gasteiger partial charge in [-0.05, 0) is 32.4 Å². The summed E-state index contributed by atoms with van der Waals surface area (Å²) in [5, 5.41) is 3.10. The fourth-order valence-corrected chi connectivity index (χ4v) is 2.58.